The second-order valence-electron chi connectivity index (χ2n) is 7.37. The Morgan fingerprint density at radius 3 is 2.41 bits per heavy atom. The van der Waals surface area contributed by atoms with Crippen molar-refractivity contribution in [3.8, 4) is 11.1 Å². The van der Waals surface area contributed by atoms with Crippen molar-refractivity contribution < 1.29 is 9.53 Å². The fraction of sp³-hybridized carbons (Fsp3) is 0.409. The summed E-state index contributed by atoms with van der Waals surface area (Å²) >= 11 is 12.4. The molecule has 2 bridgehead atoms. The van der Waals surface area contributed by atoms with E-state index in [2.05, 4.69) is 24.3 Å². The number of carbonyl (C=O) groups excluding carboxylic acids is 1. The van der Waals surface area contributed by atoms with E-state index in [-0.39, 0.29) is 12.1 Å². The number of fused-ring (bicyclic) bond motifs is 3. The van der Waals surface area contributed by atoms with Gasteiger partial charge in [-0.25, -0.2) is 4.79 Å². The third kappa shape index (κ3) is 3.55. The average molecular weight is 404 g/mol. The third-order valence-electron chi connectivity index (χ3n) is 5.85. The van der Waals surface area contributed by atoms with E-state index >= 15 is 0 Å². The van der Waals surface area contributed by atoms with Crippen LogP contribution >= 0.6 is 23.2 Å². The van der Waals surface area contributed by atoms with Gasteiger partial charge in [-0.2, -0.15) is 0 Å². The molecule has 142 valence electrons. The van der Waals surface area contributed by atoms with E-state index in [1.165, 1.54) is 18.4 Å². The summed E-state index contributed by atoms with van der Waals surface area (Å²) in [5.74, 6) is 0.504. The molecule has 2 saturated heterocycles. The van der Waals surface area contributed by atoms with Gasteiger partial charge in [0.1, 0.15) is 0 Å². The van der Waals surface area contributed by atoms with E-state index in [4.69, 9.17) is 27.9 Å². The molecular formula is C22H23Cl2NO2. The molecule has 3 aliphatic rings. The predicted octanol–water partition coefficient (Wildman–Crippen LogP) is 6.73. The number of ether oxygens (including phenoxy) is 1. The number of hydrogen-bond donors (Lipinski definition) is 0. The first-order chi connectivity index (χ1) is 13.1. The summed E-state index contributed by atoms with van der Waals surface area (Å²) in [7, 11) is 0. The van der Waals surface area contributed by atoms with Crippen molar-refractivity contribution in [3.05, 3.63) is 58.1 Å². The van der Waals surface area contributed by atoms with Gasteiger partial charge < -0.3 is 4.74 Å². The minimum absolute atomic E-state index is 0.103. The predicted molar refractivity (Wildman–Crippen MR) is 109 cm³/mol. The van der Waals surface area contributed by atoms with E-state index in [0.717, 1.165) is 24.0 Å². The maximum atomic E-state index is 12.6. The Bertz CT molecular complexity index is 829. The highest BCUT2D eigenvalue weighted by Crippen LogP contribution is 2.48. The van der Waals surface area contributed by atoms with E-state index in [9.17, 15) is 4.79 Å². The van der Waals surface area contributed by atoms with Crippen LogP contribution in [0.25, 0.3) is 11.1 Å². The van der Waals surface area contributed by atoms with Crippen LogP contribution in [-0.4, -0.2) is 23.6 Å². The highest BCUT2D eigenvalue weighted by molar-refractivity contribution is 6.36. The molecule has 2 aliphatic heterocycles. The van der Waals surface area contributed by atoms with Crippen LogP contribution in [0.1, 0.15) is 44.2 Å². The number of nitrogens with zero attached hydrogens (tertiary/aromatic N) is 1. The fourth-order valence-electron chi connectivity index (χ4n) is 4.63. The van der Waals surface area contributed by atoms with Gasteiger partial charge in [0, 0.05) is 21.7 Å². The van der Waals surface area contributed by atoms with Crippen molar-refractivity contribution in [2.45, 2.75) is 44.7 Å². The van der Waals surface area contributed by atoms with Crippen molar-refractivity contribution in [3.63, 3.8) is 0 Å². The van der Waals surface area contributed by atoms with Gasteiger partial charge in [-0.1, -0.05) is 53.5 Å². The Morgan fingerprint density at radius 1 is 1.07 bits per heavy atom. The molecule has 2 aromatic carbocycles. The van der Waals surface area contributed by atoms with Gasteiger partial charge in [0.2, 0.25) is 0 Å². The van der Waals surface area contributed by atoms with Gasteiger partial charge in [-0.3, -0.25) is 4.90 Å². The second kappa shape index (κ2) is 7.73. The largest absolute Gasteiger partial charge is 0.450 e. The number of benzene rings is 2. The van der Waals surface area contributed by atoms with Crippen molar-refractivity contribution in [1.82, 2.24) is 4.90 Å². The van der Waals surface area contributed by atoms with Crippen LogP contribution in [0.3, 0.4) is 0 Å². The van der Waals surface area contributed by atoms with E-state index in [1.807, 2.05) is 24.0 Å². The zero-order valence-corrected chi connectivity index (χ0v) is 16.8. The molecule has 0 aromatic heterocycles. The molecule has 3 nitrogen and oxygen atoms in total. The highest BCUT2D eigenvalue weighted by atomic mass is 35.5. The highest BCUT2D eigenvalue weighted by Gasteiger charge is 2.45. The molecule has 5 heteroatoms. The van der Waals surface area contributed by atoms with Gasteiger partial charge in [0.05, 0.1) is 12.6 Å². The van der Waals surface area contributed by atoms with Crippen molar-refractivity contribution in [2.75, 3.05) is 6.61 Å². The minimum Gasteiger partial charge on any atom is -0.450 e. The lowest BCUT2D eigenvalue weighted by atomic mass is 9.72. The number of amides is 1. The molecule has 1 aliphatic carbocycles. The van der Waals surface area contributed by atoms with E-state index in [0.29, 0.717) is 28.6 Å². The molecule has 2 heterocycles. The Kier molecular flexibility index (Phi) is 5.34. The summed E-state index contributed by atoms with van der Waals surface area (Å²) in [6.07, 6.45) is 4.34. The molecular weight excluding hydrogens is 381 g/mol. The normalized spacial score (nSPS) is 24.1. The van der Waals surface area contributed by atoms with Crippen LogP contribution in [0.4, 0.5) is 4.79 Å². The van der Waals surface area contributed by atoms with Crippen LogP contribution in [0.15, 0.2) is 42.5 Å². The number of rotatable bonds is 3. The molecule has 1 unspecified atom stereocenters. The molecule has 3 fully saturated rings. The lowest BCUT2D eigenvalue weighted by Gasteiger charge is -2.50. The second-order valence-corrected chi connectivity index (χ2v) is 8.21. The number of piperidine rings is 2. The topological polar surface area (TPSA) is 29.5 Å². The molecule has 0 radical (unpaired) electrons. The lowest BCUT2D eigenvalue weighted by Crippen LogP contribution is -2.53. The quantitative estimate of drug-likeness (QED) is 0.568. The molecule has 2 aromatic rings. The summed E-state index contributed by atoms with van der Waals surface area (Å²) in [5.41, 5.74) is 3.18. The summed E-state index contributed by atoms with van der Waals surface area (Å²) < 4.78 is 5.36. The summed E-state index contributed by atoms with van der Waals surface area (Å²) in [5, 5.41) is 1.27. The van der Waals surface area contributed by atoms with Crippen LogP contribution in [0.5, 0.6) is 0 Å². The zero-order chi connectivity index (χ0) is 19.0. The molecule has 0 spiro atoms. The maximum absolute atomic E-state index is 12.6. The first kappa shape index (κ1) is 18.6. The van der Waals surface area contributed by atoms with E-state index < -0.39 is 0 Å². The third-order valence-corrected chi connectivity index (χ3v) is 6.40. The van der Waals surface area contributed by atoms with E-state index in [1.54, 1.807) is 6.07 Å². The van der Waals surface area contributed by atoms with Crippen LogP contribution in [-0.2, 0) is 4.74 Å². The van der Waals surface area contributed by atoms with Crippen LogP contribution in [0, 0.1) is 5.92 Å². The SMILES string of the molecule is CCOC(=O)N1C2CCC(CC2)C1c1ccc(-c2ccc(Cl)cc2Cl)cc1. The van der Waals surface area contributed by atoms with Gasteiger partial charge in [0.15, 0.2) is 0 Å². The molecule has 1 amide bonds. The number of carbonyl (C=O) groups is 1. The first-order valence-corrected chi connectivity index (χ1v) is 10.3. The minimum atomic E-state index is -0.179. The van der Waals surface area contributed by atoms with Crippen molar-refractivity contribution in [1.29, 1.82) is 0 Å². The number of hydrogen-bond acceptors (Lipinski definition) is 2. The smallest absolute Gasteiger partial charge is 0.410 e. The first-order valence-electron chi connectivity index (χ1n) is 9.59. The Morgan fingerprint density at radius 2 is 1.78 bits per heavy atom. The van der Waals surface area contributed by atoms with Gasteiger partial charge in [-0.15, -0.1) is 0 Å². The van der Waals surface area contributed by atoms with Crippen molar-refractivity contribution >= 4 is 29.3 Å². The van der Waals surface area contributed by atoms with Gasteiger partial charge in [-0.05, 0) is 61.8 Å². The molecule has 1 atom stereocenters. The standard InChI is InChI=1S/C22H23Cl2NO2/c1-2-27-22(26)25-18-10-7-16(8-11-18)21(25)15-5-3-14(4-6-15)19-12-9-17(23)13-20(19)24/h3-6,9,12-13,16,18,21H,2,7-8,10-11H2,1H3. The molecule has 1 saturated carbocycles. The fourth-order valence-corrected chi connectivity index (χ4v) is 5.14. The summed E-state index contributed by atoms with van der Waals surface area (Å²) in [4.78, 5) is 14.6. The summed E-state index contributed by atoms with van der Waals surface area (Å²) in [6, 6.07) is 14.3. The van der Waals surface area contributed by atoms with Gasteiger partial charge in [0.25, 0.3) is 0 Å². The Hall–Kier alpha value is -1.71. The molecule has 5 rings (SSSR count). The number of halogens is 2. The average Bonchev–Trinajstić information content (AvgIpc) is 2.68. The Labute approximate surface area is 170 Å². The molecule has 27 heavy (non-hydrogen) atoms. The molecule has 0 N–H and O–H groups in total. The van der Waals surface area contributed by atoms with Crippen molar-refractivity contribution in [2.24, 2.45) is 5.92 Å². The lowest BCUT2D eigenvalue weighted by molar-refractivity contribution is -0.0130. The summed E-state index contributed by atoms with van der Waals surface area (Å²) in [6.45, 7) is 2.27. The Balaban J connectivity index is 1.64. The van der Waals surface area contributed by atoms with Gasteiger partial charge >= 0.3 is 6.09 Å². The maximum Gasteiger partial charge on any atom is 0.410 e. The zero-order valence-electron chi connectivity index (χ0n) is 15.3. The van der Waals surface area contributed by atoms with Crippen LogP contribution < -0.4 is 0 Å². The monoisotopic (exact) mass is 403 g/mol. The van der Waals surface area contributed by atoms with Crippen LogP contribution in [0.2, 0.25) is 10.0 Å².